The maximum absolute atomic E-state index is 12.5. The third kappa shape index (κ3) is 3.94. The van der Waals surface area contributed by atoms with Crippen LogP contribution >= 0.6 is 10.7 Å². The van der Waals surface area contributed by atoms with Gasteiger partial charge in [0.05, 0.1) is 6.54 Å². The molecule has 118 valence electrons. The molecule has 1 aromatic rings. The number of hydrogen-bond acceptors (Lipinski definition) is 3. The molecule has 0 saturated heterocycles. The van der Waals surface area contributed by atoms with Gasteiger partial charge in [0, 0.05) is 22.9 Å². The van der Waals surface area contributed by atoms with E-state index >= 15 is 0 Å². The van der Waals surface area contributed by atoms with E-state index in [1.807, 2.05) is 6.92 Å². The molecule has 21 heavy (non-hydrogen) atoms. The van der Waals surface area contributed by atoms with Gasteiger partial charge in [-0.25, -0.2) is 17.2 Å². The Morgan fingerprint density at radius 1 is 1.57 bits per heavy atom. The minimum absolute atomic E-state index is 0.0217. The normalized spacial score (nSPS) is 21.6. The van der Waals surface area contributed by atoms with Crippen LogP contribution in [0.4, 0.5) is 8.78 Å². The second-order valence-corrected chi connectivity index (χ2v) is 7.59. The van der Waals surface area contributed by atoms with E-state index in [-0.39, 0.29) is 16.6 Å². The molecule has 0 aromatic carbocycles. The molecular weight excluding hydrogens is 326 g/mol. The molecule has 1 aliphatic carbocycles. The van der Waals surface area contributed by atoms with Crippen LogP contribution < -0.4 is 5.32 Å². The van der Waals surface area contributed by atoms with Crippen molar-refractivity contribution in [2.75, 3.05) is 0 Å². The van der Waals surface area contributed by atoms with E-state index in [4.69, 9.17) is 10.7 Å². The molecule has 0 spiro atoms. The third-order valence-corrected chi connectivity index (χ3v) is 4.80. The number of nitrogens with one attached hydrogen (secondary N) is 1. The van der Waals surface area contributed by atoms with E-state index in [1.165, 1.54) is 0 Å². The number of rotatable bonds is 6. The lowest BCUT2D eigenvalue weighted by Crippen LogP contribution is -2.29. The molecule has 2 atom stereocenters. The molecule has 1 amide bonds. The molecule has 1 fully saturated rings. The van der Waals surface area contributed by atoms with Crippen LogP contribution in [0.1, 0.15) is 30.3 Å². The summed E-state index contributed by atoms with van der Waals surface area (Å²) < 4.78 is 48.5. The Bertz CT molecular complexity index is 645. The molecule has 2 unspecified atom stereocenters. The Balaban J connectivity index is 2.23. The molecule has 0 radical (unpaired) electrons. The number of carbonyl (C=O) groups excluding carboxylic acids is 1. The molecular formula is C12H15ClF2N2O3S. The highest BCUT2D eigenvalue weighted by molar-refractivity contribution is 8.13. The molecule has 0 aliphatic heterocycles. The Morgan fingerprint density at radius 2 is 2.24 bits per heavy atom. The Hall–Kier alpha value is -1.15. The fraction of sp³-hybridized carbons (Fsp3) is 0.583. The number of hydrogen-bond donors (Lipinski definition) is 1. The maximum Gasteiger partial charge on any atom is 0.268 e. The Kier molecular flexibility index (Phi) is 4.57. The van der Waals surface area contributed by atoms with Crippen molar-refractivity contribution < 1.29 is 22.0 Å². The van der Waals surface area contributed by atoms with Gasteiger partial charge in [-0.1, -0.05) is 13.3 Å². The van der Waals surface area contributed by atoms with E-state index < -0.39 is 27.9 Å². The topological polar surface area (TPSA) is 68.2 Å². The summed E-state index contributed by atoms with van der Waals surface area (Å²) in [6.07, 6.45) is 0.00949. The van der Waals surface area contributed by atoms with Gasteiger partial charge < -0.3 is 9.88 Å². The van der Waals surface area contributed by atoms with Crippen molar-refractivity contribution in [1.82, 2.24) is 9.88 Å². The highest BCUT2D eigenvalue weighted by Crippen LogP contribution is 2.33. The summed E-state index contributed by atoms with van der Waals surface area (Å²) in [5.41, 5.74) is -0.128. The quantitative estimate of drug-likeness (QED) is 0.807. The van der Waals surface area contributed by atoms with Crippen molar-refractivity contribution in [3.8, 4) is 0 Å². The molecule has 1 saturated carbocycles. The van der Waals surface area contributed by atoms with E-state index in [0.717, 1.165) is 29.7 Å². The summed E-state index contributed by atoms with van der Waals surface area (Å²) in [7, 11) is 1.11. The van der Waals surface area contributed by atoms with Crippen molar-refractivity contribution in [1.29, 1.82) is 0 Å². The SMILES string of the molecule is CCC1CC1NC(=O)c1cc(S(=O)(=O)Cl)cn1CC(F)F. The summed E-state index contributed by atoms with van der Waals surface area (Å²) in [5.74, 6) is -0.174. The van der Waals surface area contributed by atoms with Crippen molar-refractivity contribution in [3.63, 3.8) is 0 Å². The van der Waals surface area contributed by atoms with Crippen LogP contribution in [0.15, 0.2) is 17.2 Å². The van der Waals surface area contributed by atoms with Gasteiger partial charge in [-0.3, -0.25) is 4.79 Å². The van der Waals surface area contributed by atoms with E-state index in [2.05, 4.69) is 5.32 Å². The summed E-state index contributed by atoms with van der Waals surface area (Å²) in [5, 5.41) is 2.71. The second-order valence-electron chi connectivity index (χ2n) is 5.03. The smallest absolute Gasteiger partial charge is 0.268 e. The van der Waals surface area contributed by atoms with Gasteiger partial charge >= 0.3 is 0 Å². The standard InChI is InChI=1S/C12H15ClF2N2O3S/c1-2-7-3-9(7)16-12(18)10-4-8(21(13,19)20)5-17(10)6-11(14)15/h4-5,7,9,11H,2-3,6H2,1H3,(H,16,18). The zero-order valence-electron chi connectivity index (χ0n) is 11.2. The van der Waals surface area contributed by atoms with Gasteiger partial charge in [0.25, 0.3) is 21.4 Å². The number of aromatic nitrogens is 1. The van der Waals surface area contributed by atoms with E-state index in [0.29, 0.717) is 5.92 Å². The minimum Gasteiger partial charge on any atom is -0.348 e. The Labute approximate surface area is 125 Å². The zero-order valence-corrected chi connectivity index (χ0v) is 12.8. The summed E-state index contributed by atoms with van der Waals surface area (Å²) >= 11 is 0. The monoisotopic (exact) mass is 340 g/mol. The van der Waals surface area contributed by atoms with Gasteiger partial charge in [-0.2, -0.15) is 0 Å². The molecule has 5 nitrogen and oxygen atoms in total. The van der Waals surface area contributed by atoms with Crippen molar-refractivity contribution in [2.24, 2.45) is 5.92 Å². The largest absolute Gasteiger partial charge is 0.348 e. The number of halogens is 3. The van der Waals surface area contributed by atoms with Gasteiger partial charge in [0.2, 0.25) is 0 Å². The van der Waals surface area contributed by atoms with Gasteiger partial charge in [-0.15, -0.1) is 0 Å². The lowest BCUT2D eigenvalue weighted by Gasteiger charge is -2.08. The first-order valence-corrected chi connectivity index (χ1v) is 8.77. The summed E-state index contributed by atoms with van der Waals surface area (Å²) in [6.45, 7) is 1.23. The molecule has 1 N–H and O–H groups in total. The fourth-order valence-corrected chi connectivity index (χ4v) is 2.98. The minimum atomic E-state index is -4.08. The van der Waals surface area contributed by atoms with Crippen LogP contribution in [-0.2, 0) is 15.6 Å². The molecule has 0 bridgehead atoms. The van der Waals surface area contributed by atoms with Crippen LogP contribution in [0.3, 0.4) is 0 Å². The summed E-state index contributed by atoms with van der Waals surface area (Å²) in [6, 6.07) is 1.04. The van der Waals surface area contributed by atoms with Crippen LogP contribution in [0.25, 0.3) is 0 Å². The Morgan fingerprint density at radius 3 is 2.71 bits per heavy atom. The average molecular weight is 341 g/mol. The third-order valence-electron chi connectivity index (χ3n) is 3.48. The second kappa shape index (κ2) is 5.92. The van der Waals surface area contributed by atoms with Crippen molar-refractivity contribution >= 4 is 25.6 Å². The molecule has 1 aliphatic rings. The van der Waals surface area contributed by atoms with Crippen LogP contribution in [0.5, 0.6) is 0 Å². The average Bonchev–Trinajstić information content (AvgIpc) is 2.95. The lowest BCUT2D eigenvalue weighted by molar-refractivity contribution is 0.0926. The van der Waals surface area contributed by atoms with Gasteiger partial charge in [-0.05, 0) is 18.4 Å². The summed E-state index contributed by atoms with van der Waals surface area (Å²) in [4.78, 5) is 11.7. The predicted molar refractivity (Wildman–Crippen MR) is 73.1 cm³/mol. The predicted octanol–water partition coefficient (Wildman–Crippen LogP) is 2.21. The molecule has 1 aromatic heterocycles. The number of alkyl halides is 2. The van der Waals surface area contributed by atoms with E-state index in [9.17, 15) is 22.0 Å². The number of amides is 1. The zero-order chi connectivity index (χ0) is 15.8. The van der Waals surface area contributed by atoms with Crippen LogP contribution in [0.2, 0.25) is 0 Å². The van der Waals surface area contributed by atoms with Crippen molar-refractivity contribution in [3.05, 3.63) is 18.0 Å². The first-order chi connectivity index (χ1) is 9.72. The highest BCUT2D eigenvalue weighted by Gasteiger charge is 2.37. The maximum atomic E-state index is 12.5. The van der Waals surface area contributed by atoms with Crippen LogP contribution in [0, 0.1) is 5.92 Å². The number of carbonyl (C=O) groups is 1. The lowest BCUT2D eigenvalue weighted by atomic mass is 10.3. The number of nitrogens with zero attached hydrogens (tertiary/aromatic N) is 1. The van der Waals surface area contributed by atoms with Gasteiger partial charge in [0.15, 0.2) is 0 Å². The van der Waals surface area contributed by atoms with E-state index in [1.54, 1.807) is 0 Å². The molecule has 9 heteroatoms. The highest BCUT2D eigenvalue weighted by atomic mass is 35.7. The van der Waals surface area contributed by atoms with Crippen LogP contribution in [-0.4, -0.2) is 31.4 Å². The van der Waals surface area contributed by atoms with Crippen molar-refractivity contribution in [2.45, 2.75) is 43.7 Å². The molecule has 2 rings (SSSR count). The fourth-order valence-electron chi connectivity index (χ4n) is 2.23. The molecule has 1 heterocycles. The van der Waals surface area contributed by atoms with Gasteiger partial charge in [0.1, 0.15) is 10.6 Å². The first kappa shape index (κ1) is 16.2. The first-order valence-electron chi connectivity index (χ1n) is 6.46.